The lowest BCUT2D eigenvalue weighted by molar-refractivity contribution is -0.148. The summed E-state index contributed by atoms with van der Waals surface area (Å²) in [6.07, 6.45) is 6.19. The molecular weight excluding hydrogens is 378 g/mol. The van der Waals surface area contributed by atoms with Crippen molar-refractivity contribution in [3.05, 3.63) is 23.2 Å². The molecule has 0 aromatic heterocycles. The van der Waals surface area contributed by atoms with Gasteiger partial charge >= 0.3 is 5.97 Å². The zero-order chi connectivity index (χ0) is 18.9. The molecule has 142 valence electrons. The van der Waals surface area contributed by atoms with Gasteiger partial charge in [-0.25, -0.2) is 8.42 Å². The lowest BCUT2D eigenvalue weighted by atomic mass is 9.86. The van der Waals surface area contributed by atoms with Gasteiger partial charge in [-0.1, -0.05) is 18.0 Å². The second-order valence-electron chi connectivity index (χ2n) is 7.26. The highest BCUT2D eigenvalue weighted by atomic mass is 35.5. The van der Waals surface area contributed by atoms with Crippen LogP contribution in [-0.2, 0) is 24.2 Å². The SMILES string of the molecule is CS(=O)(=O)c1ccc(Cl)c(NC(=O)COC(=O)C[C@@H]2C[C@@H]3CC[C@@H]2C3)c1. The maximum absolute atomic E-state index is 12.0. The van der Waals surface area contributed by atoms with Crippen LogP contribution in [-0.4, -0.2) is 33.2 Å². The summed E-state index contributed by atoms with van der Waals surface area (Å²) in [5.74, 6) is 0.835. The molecule has 0 unspecified atom stereocenters. The number of halogens is 1. The summed E-state index contributed by atoms with van der Waals surface area (Å²) in [7, 11) is -3.42. The molecule has 8 heteroatoms. The summed E-state index contributed by atoms with van der Waals surface area (Å²) >= 11 is 5.99. The van der Waals surface area contributed by atoms with Gasteiger partial charge in [0.15, 0.2) is 16.4 Å². The fourth-order valence-electron chi connectivity index (χ4n) is 4.06. The lowest BCUT2D eigenvalue weighted by Crippen LogP contribution is -2.23. The average molecular weight is 400 g/mol. The highest BCUT2D eigenvalue weighted by Crippen LogP contribution is 2.49. The van der Waals surface area contributed by atoms with Crippen molar-refractivity contribution >= 4 is 39.0 Å². The van der Waals surface area contributed by atoms with Crippen LogP contribution in [0.5, 0.6) is 0 Å². The Balaban J connectivity index is 1.50. The van der Waals surface area contributed by atoms with E-state index in [1.165, 1.54) is 37.5 Å². The van der Waals surface area contributed by atoms with Gasteiger partial charge in [0.25, 0.3) is 5.91 Å². The molecule has 2 bridgehead atoms. The largest absolute Gasteiger partial charge is 0.456 e. The molecule has 2 saturated carbocycles. The van der Waals surface area contributed by atoms with Gasteiger partial charge in [0.05, 0.1) is 15.6 Å². The van der Waals surface area contributed by atoms with Crippen LogP contribution in [0.2, 0.25) is 5.02 Å². The number of nitrogens with one attached hydrogen (secondary N) is 1. The van der Waals surface area contributed by atoms with Crippen molar-refractivity contribution in [1.29, 1.82) is 0 Å². The number of carbonyl (C=O) groups excluding carboxylic acids is 2. The normalized spacial score (nSPS) is 24.5. The molecule has 0 radical (unpaired) electrons. The lowest BCUT2D eigenvalue weighted by Gasteiger charge is -2.20. The Labute approximate surface area is 158 Å². The molecule has 1 N–H and O–H groups in total. The third kappa shape index (κ3) is 4.57. The molecule has 2 aliphatic rings. The summed E-state index contributed by atoms with van der Waals surface area (Å²) in [4.78, 5) is 24.0. The summed E-state index contributed by atoms with van der Waals surface area (Å²) in [6.45, 7) is -0.418. The second kappa shape index (κ2) is 7.56. The molecule has 3 rings (SSSR count). The molecule has 0 spiro atoms. The fourth-order valence-corrected chi connectivity index (χ4v) is 4.87. The number of rotatable bonds is 6. The molecule has 2 fully saturated rings. The number of hydrogen-bond acceptors (Lipinski definition) is 5. The summed E-state index contributed by atoms with van der Waals surface area (Å²) in [6, 6.07) is 4.05. The molecule has 26 heavy (non-hydrogen) atoms. The van der Waals surface area contributed by atoms with Crippen LogP contribution in [0, 0.1) is 17.8 Å². The molecule has 6 nitrogen and oxygen atoms in total. The number of sulfone groups is 1. The van der Waals surface area contributed by atoms with E-state index in [2.05, 4.69) is 5.32 Å². The third-order valence-electron chi connectivity index (χ3n) is 5.32. The van der Waals surface area contributed by atoms with E-state index in [0.29, 0.717) is 18.3 Å². The van der Waals surface area contributed by atoms with Crippen molar-refractivity contribution in [2.45, 2.75) is 37.0 Å². The van der Waals surface area contributed by atoms with Gasteiger partial charge in [0.2, 0.25) is 0 Å². The van der Waals surface area contributed by atoms with Gasteiger partial charge in [-0.15, -0.1) is 0 Å². The van der Waals surface area contributed by atoms with Crippen molar-refractivity contribution in [3.63, 3.8) is 0 Å². The maximum atomic E-state index is 12.0. The number of carbonyl (C=O) groups is 2. The van der Waals surface area contributed by atoms with Crippen LogP contribution in [0.15, 0.2) is 23.1 Å². The highest BCUT2D eigenvalue weighted by Gasteiger charge is 2.40. The Morgan fingerprint density at radius 1 is 1.27 bits per heavy atom. The van der Waals surface area contributed by atoms with E-state index >= 15 is 0 Å². The van der Waals surface area contributed by atoms with Crippen LogP contribution in [0.3, 0.4) is 0 Å². The molecule has 1 aromatic carbocycles. The van der Waals surface area contributed by atoms with Crippen LogP contribution >= 0.6 is 11.6 Å². The number of benzene rings is 1. The van der Waals surface area contributed by atoms with Gasteiger partial charge < -0.3 is 10.1 Å². The van der Waals surface area contributed by atoms with Crippen LogP contribution in [0.4, 0.5) is 5.69 Å². The molecule has 1 aromatic rings. The quantitative estimate of drug-likeness (QED) is 0.742. The van der Waals surface area contributed by atoms with E-state index in [4.69, 9.17) is 16.3 Å². The molecule has 0 aliphatic heterocycles. The predicted molar refractivity (Wildman–Crippen MR) is 97.7 cm³/mol. The maximum Gasteiger partial charge on any atom is 0.306 e. The van der Waals surface area contributed by atoms with E-state index in [9.17, 15) is 18.0 Å². The van der Waals surface area contributed by atoms with Gasteiger partial charge in [-0.3, -0.25) is 9.59 Å². The van der Waals surface area contributed by atoms with E-state index in [-0.39, 0.29) is 21.6 Å². The van der Waals surface area contributed by atoms with Crippen LogP contribution < -0.4 is 5.32 Å². The number of hydrogen-bond donors (Lipinski definition) is 1. The first-order valence-electron chi connectivity index (χ1n) is 8.67. The first-order chi connectivity index (χ1) is 12.2. The number of anilines is 1. The minimum absolute atomic E-state index is 0.0467. The Hall–Kier alpha value is -1.60. The number of amides is 1. The van der Waals surface area contributed by atoms with Gasteiger partial charge in [0, 0.05) is 12.7 Å². The summed E-state index contributed by atoms with van der Waals surface area (Å²) < 4.78 is 28.3. The molecule has 2 aliphatic carbocycles. The first-order valence-corrected chi connectivity index (χ1v) is 10.9. The van der Waals surface area contributed by atoms with Crippen LogP contribution in [0.1, 0.15) is 32.1 Å². The molecule has 1 amide bonds. The van der Waals surface area contributed by atoms with E-state index in [0.717, 1.165) is 18.6 Å². The Kier molecular flexibility index (Phi) is 5.58. The highest BCUT2D eigenvalue weighted by molar-refractivity contribution is 7.90. The number of ether oxygens (including phenoxy) is 1. The second-order valence-corrected chi connectivity index (χ2v) is 9.68. The van der Waals surface area contributed by atoms with Gasteiger partial charge in [0.1, 0.15) is 0 Å². The van der Waals surface area contributed by atoms with E-state index < -0.39 is 22.4 Å². The average Bonchev–Trinajstić information content (AvgIpc) is 3.17. The van der Waals surface area contributed by atoms with E-state index in [1.807, 2.05) is 0 Å². The van der Waals surface area contributed by atoms with Gasteiger partial charge in [-0.2, -0.15) is 0 Å². The first kappa shape index (κ1) is 19.2. The minimum atomic E-state index is -3.42. The Bertz CT molecular complexity index is 823. The molecule has 0 saturated heterocycles. The van der Waals surface area contributed by atoms with Crippen molar-refractivity contribution in [1.82, 2.24) is 0 Å². The topological polar surface area (TPSA) is 89.5 Å². The summed E-state index contributed by atoms with van der Waals surface area (Å²) in [5.41, 5.74) is 0.170. The fraction of sp³-hybridized carbons (Fsp3) is 0.556. The number of esters is 1. The van der Waals surface area contributed by atoms with Crippen molar-refractivity contribution in [3.8, 4) is 0 Å². The minimum Gasteiger partial charge on any atom is -0.456 e. The smallest absolute Gasteiger partial charge is 0.306 e. The molecule has 0 heterocycles. The molecular formula is C18H22ClNO5S. The third-order valence-corrected chi connectivity index (χ3v) is 6.76. The van der Waals surface area contributed by atoms with Crippen molar-refractivity contribution in [2.75, 3.05) is 18.2 Å². The van der Waals surface area contributed by atoms with Crippen LogP contribution in [0.25, 0.3) is 0 Å². The predicted octanol–water partition coefficient (Wildman–Crippen LogP) is 3.05. The molecule has 3 atom stereocenters. The summed E-state index contributed by atoms with van der Waals surface area (Å²) in [5, 5.41) is 2.69. The standard InChI is InChI=1S/C18H22ClNO5S/c1-26(23,24)14-4-5-15(19)16(9-14)20-17(21)10-25-18(22)8-13-7-11-2-3-12(13)6-11/h4-5,9,11-13H,2-3,6-8,10H2,1H3,(H,20,21)/t11-,12-,13+/m1/s1. The van der Waals surface area contributed by atoms with Crippen molar-refractivity contribution in [2.24, 2.45) is 17.8 Å². The Morgan fingerprint density at radius 3 is 2.65 bits per heavy atom. The Morgan fingerprint density at radius 2 is 2.04 bits per heavy atom. The zero-order valence-corrected chi connectivity index (χ0v) is 16.1. The van der Waals surface area contributed by atoms with E-state index in [1.54, 1.807) is 0 Å². The van der Waals surface area contributed by atoms with Crippen molar-refractivity contribution < 1.29 is 22.7 Å². The monoisotopic (exact) mass is 399 g/mol. The van der Waals surface area contributed by atoms with Gasteiger partial charge in [-0.05, 0) is 55.2 Å². The number of fused-ring (bicyclic) bond motifs is 2. The zero-order valence-electron chi connectivity index (χ0n) is 14.5.